The van der Waals surface area contributed by atoms with Gasteiger partial charge < -0.3 is 10.6 Å². The first-order chi connectivity index (χ1) is 12.9. The highest BCUT2D eigenvalue weighted by molar-refractivity contribution is 8.01. The Balaban J connectivity index is 1.57. The van der Waals surface area contributed by atoms with Crippen LogP contribution in [0.1, 0.15) is 16.7 Å². The fraction of sp³-hybridized carbons (Fsp3) is 0.211. The molecule has 1 heterocycles. The Kier molecular flexibility index (Phi) is 6.08. The van der Waals surface area contributed by atoms with Crippen molar-refractivity contribution in [3.8, 4) is 0 Å². The lowest BCUT2D eigenvalue weighted by atomic mass is 10.1. The lowest BCUT2D eigenvalue weighted by molar-refractivity contribution is -0.113. The fourth-order valence-electron chi connectivity index (χ4n) is 2.68. The number of nitrogens with one attached hydrogen (secondary N) is 2. The second-order valence-corrected chi connectivity index (χ2v) is 8.29. The number of aryl methyl sites for hydroxylation is 3. The summed E-state index contributed by atoms with van der Waals surface area (Å²) >= 11 is 2.57. The molecule has 0 spiro atoms. The maximum Gasteiger partial charge on any atom is 0.234 e. The number of carbonyl (C=O) groups excluding carboxylic acids is 1. The van der Waals surface area contributed by atoms with Crippen LogP contribution in [-0.2, 0) is 4.79 Å². The van der Waals surface area contributed by atoms with Crippen LogP contribution in [0.4, 0.5) is 20.9 Å². The van der Waals surface area contributed by atoms with Gasteiger partial charge in [0.1, 0.15) is 5.82 Å². The van der Waals surface area contributed by atoms with Crippen LogP contribution in [0.25, 0.3) is 0 Å². The maximum absolute atomic E-state index is 13.7. The number of amides is 1. The molecule has 0 saturated heterocycles. The fourth-order valence-corrected chi connectivity index (χ4v) is 4.24. The van der Waals surface area contributed by atoms with Crippen molar-refractivity contribution in [1.29, 1.82) is 0 Å². The maximum atomic E-state index is 13.7. The van der Waals surface area contributed by atoms with E-state index in [1.165, 1.54) is 34.7 Å². The van der Waals surface area contributed by atoms with Gasteiger partial charge in [-0.05, 0) is 44.0 Å². The molecule has 8 heteroatoms. The number of anilines is 3. The SMILES string of the molecule is Cc1cc(C)c(NC(=O)CSc2nnc(Nc3ccccc3F)s2)c(C)c1. The molecule has 0 bridgehead atoms. The average Bonchev–Trinajstić information content (AvgIpc) is 3.06. The Morgan fingerprint density at radius 1 is 1.15 bits per heavy atom. The van der Waals surface area contributed by atoms with Gasteiger partial charge in [-0.3, -0.25) is 4.79 Å². The molecule has 1 amide bonds. The third kappa shape index (κ3) is 5.05. The smallest absolute Gasteiger partial charge is 0.234 e. The summed E-state index contributed by atoms with van der Waals surface area (Å²) in [6.07, 6.45) is 0. The molecule has 0 saturated carbocycles. The molecule has 0 aliphatic heterocycles. The first-order valence-electron chi connectivity index (χ1n) is 8.28. The molecular formula is C19H19FN4OS2. The van der Waals surface area contributed by atoms with Gasteiger partial charge in [-0.25, -0.2) is 4.39 Å². The topological polar surface area (TPSA) is 66.9 Å². The molecule has 3 aromatic rings. The van der Waals surface area contributed by atoms with Crippen LogP contribution in [0.2, 0.25) is 0 Å². The van der Waals surface area contributed by atoms with Crippen LogP contribution in [0.15, 0.2) is 40.7 Å². The van der Waals surface area contributed by atoms with Gasteiger partial charge >= 0.3 is 0 Å². The standard InChI is InChI=1S/C19H19FN4OS2/c1-11-8-12(2)17(13(3)9-11)22-16(25)10-26-19-24-23-18(27-19)21-15-7-5-4-6-14(15)20/h4-9H,10H2,1-3H3,(H,21,23)(H,22,25). The van der Waals surface area contributed by atoms with Crippen molar-refractivity contribution in [3.63, 3.8) is 0 Å². The zero-order valence-corrected chi connectivity index (χ0v) is 16.8. The van der Waals surface area contributed by atoms with Crippen LogP contribution >= 0.6 is 23.1 Å². The Hall–Kier alpha value is -2.45. The molecule has 5 nitrogen and oxygen atoms in total. The quantitative estimate of drug-likeness (QED) is 0.563. The number of carbonyl (C=O) groups is 1. The normalized spacial score (nSPS) is 10.7. The lowest BCUT2D eigenvalue weighted by Crippen LogP contribution is -2.15. The molecule has 140 valence electrons. The van der Waals surface area contributed by atoms with Crippen LogP contribution in [0.5, 0.6) is 0 Å². The molecule has 27 heavy (non-hydrogen) atoms. The molecule has 0 fully saturated rings. The number of hydrogen-bond acceptors (Lipinski definition) is 6. The van der Waals surface area contributed by atoms with Gasteiger partial charge in [0.2, 0.25) is 11.0 Å². The predicted octanol–water partition coefficient (Wildman–Crippen LogP) is 5.08. The molecule has 0 aliphatic rings. The molecule has 0 radical (unpaired) electrons. The third-order valence-corrected chi connectivity index (χ3v) is 5.76. The third-order valence-electron chi connectivity index (χ3n) is 3.79. The highest BCUT2D eigenvalue weighted by Crippen LogP contribution is 2.29. The Morgan fingerprint density at radius 3 is 2.56 bits per heavy atom. The summed E-state index contributed by atoms with van der Waals surface area (Å²) in [7, 11) is 0. The monoisotopic (exact) mass is 402 g/mol. The summed E-state index contributed by atoms with van der Waals surface area (Å²) in [5.74, 6) is -0.236. The Bertz CT molecular complexity index is 951. The second-order valence-electron chi connectivity index (χ2n) is 6.09. The average molecular weight is 403 g/mol. The number of nitrogens with zero attached hydrogens (tertiary/aromatic N) is 2. The molecule has 0 aliphatic carbocycles. The van der Waals surface area contributed by atoms with Gasteiger partial charge in [-0.15, -0.1) is 10.2 Å². The minimum absolute atomic E-state index is 0.103. The number of hydrogen-bond donors (Lipinski definition) is 2. The summed E-state index contributed by atoms with van der Waals surface area (Å²) < 4.78 is 14.3. The van der Waals surface area contributed by atoms with Crippen LogP contribution in [-0.4, -0.2) is 21.9 Å². The zero-order chi connectivity index (χ0) is 19.4. The number of halogens is 1. The highest BCUT2D eigenvalue weighted by atomic mass is 32.2. The van der Waals surface area contributed by atoms with E-state index >= 15 is 0 Å². The summed E-state index contributed by atoms with van der Waals surface area (Å²) in [5, 5.41) is 14.4. The number of thioether (sulfide) groups is 1. The molecule has 2 aromatic carbocycles. The van der Waals surface area contributed by atoms with Crippen molar-refractivity contribution in [1.82, 2.24) is 10.2 Å². The predicted molar refractivity (Wildman–Crippen MR) is 110 cm³/mol. The molecule has 1 aromatic heterocycles. The van der Waals surface area contributed by atoms with Crippen LogP contribution in [0.3, 0.4) is 0 Å². The van der Waals surface area contributed by atoms with Crippen molar-refractivity contribution in [3.05, 3.63) is 58.9 Å². The molecule has 3 rings (SSSR count). The highest BCUT2D eigenvalue weighted by Gasteiger charge is 2.12. The van der Waals surface area contributed by atoms with Gasteiger partial charge in [0.15, 0.2) is 4.34 Å². The van der Waals surface area contributed by atoms with Gasteiger partial charge in [0.05, 0.1) is 11.4 Å². The minimum Gasteiger partial charge on any atom is -0.328 e. The summed E-state index contributed by atoms with van der Waals surface area (Å²) in [4.78, 5) is 12.3. The van der Waals surface area contributed by atoms with Crippen molar-refractivity contribution >= 4 is 45.5 Å². The van der Waals surface area contributed by atoms with E-state index < -0.39 is 0 Å². The van der Waals surface area contributed by atoms with Gasteiger partial charge in [0.25, 0.3) is 0 Å². The zero-order valence-electron chi connectivity index (χ0n) is 15.2. The van der Waals surface area contributed by atoms with Crippen molar-refractivity contribution < 1.29 is 9.18 Å². The van der Waals surface area contributed by atoms with Gasteiger partial charge in [-0.1, -0.05) is 52.9 Å². The number of aromatic nitrogens is 2. The van der Waals surface area contributed by atoms with E-state index in [2.05, 4.69) is 20.8 Å². The number of para-hydroxylation sites is 1. The van der Waals surface area contributed by atoms with Crippen molar-refractivity contribution in [2.75, 3.05) is 16.4 Å². The van der Waals surface area contributed by atoms with Gasteiger partial charge in [0, 0.05) is 5.69 Å². The van der Waals surface area contributed by atoms with E-state index in [9.17, 15) is 9.18 Å². The number of rotatable bonds is 6. The van der Waals surface area contributed by atoms with Gasteiger partial charge in [-0.2, -0.15) is 0 Å². The largest absolute Gasteiger partial charge is 0.328 e. The van der Waals surface area contributed by atoms with E-state index in [0.717, 1.165) is 16.8 Å². The molecule has 0 unspecified atom stereocenters. The van der Waals surface area contributed by atoms with E-state index in [1.54, 1.807) is 18.2 Å². The minimum atomic E-state index is -0.356. The number of benzene rings is 2. The summed E-state index contributed by atoms with van der Waals surface area (Å²) in [6.45, 7) is 5.99. The lowest BCUT2D eigenvalue weighted by Gasteiger charge is -2.12. The van der Waals surface area contributed by atoms with Crippen LogP contribution < -0.4 is 10.6 Å². The van der Waals surface area contributed by atoms with Crippen molar-refractivity contribution in [2.45, 2.75) is 25.1 Å². The van der Waals surface area contributed by atoms with E-state index in [0.29, 0.717) is 15.2 Å². The first-order valence-corrected chi connectivity index (χ1v) is 10.1. The summed E-state index contributed by atoms with van der Waals surface area (Å²) in [6, 6.07) is 10.4. The van der Waals surface area contributed by atoms with Crippen molar-refractivity contribution in [2.24, 2.45) is 0 Å². The first kappa shape index (κ1) is 19.3. The molecular weight excluding hydrogens is 383 g/mol. The van der Waals surface area contributed by atoms with Crippen LogP contribution in [0, 0.1) is 26.6 Å². The van der Waals surface area contributed by atoms with E-state index in [1.807, 2.05) is 32.9 Å². The van der Waals surface area contributed by atoms with E-state index in [-0.39, 0.29) is 17.5 Å². The Morgan fingerprint density at radius 2 is 1.85 bits per heavy atom. The molecule has 2 N–H and O–H groups in total. The van der Waals surface area contributed by atoms with E-state index in [4.69, 9.17) is 0 Å². The molecule has 0 atom stereocenters. The second kappa shape index (κ2) is 8.49. The Labute approximate surface area is 165 Å². The summed E-state index contributed by atoms with van der Waals surface area (Å²) in [5.41, 5.74) is 4.44.